The molecule has 34 heteroatoms. The van der Waals surface area contributed by atoms with Crippen LogP contribution in [-0.2, 0) is 62.0 Å². The number of amides is 1. The molecule has 10 unspecified atom stereocenters. The number of aromatic hydroxyl groups is 16. The van der Waals surface area contributed by atoms with Crippen molar-refractivity contribution in [2.24, 2.45) is 0 Å². The molecule has 10 rings (SSSR count). The van der Waals surface area contributed by atoms with E-state index in [0.29, 0.717) is 12.1 Å². The third-order valence-electron chi connectivity index (χ3n) is 16.4. The maximum atomic E-state index is 14.7. The number of phenolic OH excluding ortho intramolecular Hbond substituents is 16. The zero-order valence-electron chi connectivity index (χ0n) is 49.1. The number of carbonyl (C=O) groups excluding carboxylic acids is 3. The number of carboxylic acids is 1. The molecule has 14 atom stereocenters. The van der Waals surface area contributed by atoms with E-state index in [2.05, 4.69) is 5.32 Å². The van der Waals surface area contributed by atoms with Crippen LogP contribution in [0.4, 0.5) is 0 Å². The molecule has 0 spiro atoms. The van der Waals surface area contributed by atoms with Crippen LogP contribution in [-0.4, -0.2) is 214 Å². The number of benzene rings is 6. The molecule has 6 aromatic carbocycles. The van der Waals surface area contributed by atoms with Crippen LogP contribution in [0, 0.1) is 0 Å². The first-order valence-electron chi connectivity index (χ1n) is 28.4. The maximum Gasteiger partial charge on any atom is 0.338 e. The summed E-state index contributed by atoms with van der Waals surface area (Å²) in [5.74, 6) is -23.0. The summed E-state index contributed by atoms with van der Waals surface area (Å²) in [5, 5.41) is 218. The number of nitrogens with one attached hydrogen (secondary N) is 1. The highest BCUT2D eigenvalue weighted by Crippen LogP contribution is 2.54. The van der Waals surface area contributed by atoms with Gasteiger partial charge in [0.05, 0.1) is 17.2 Å². The van der Waals surface area contributed by atoms with E-state index in [4.69, 9.17) is 42.6 Å². The Morgan fingerprint density at radius 3 is 1.49 bits per heavy atom. The van der Waals surface area contributed by atoms with E-state index in [1.165, 1.54) is 0 Å². The van der Waals surface area contributed by atoms with Crippen molar-refractivity contribution in [3.63, 3.8) is 0 Å². The molecule has 0 bridgehead atoms. The average Bonchev–Trinajstić information content (AvgIpc) is 0.756. The molecule has 2 saturated heterocycles. The first kappa shape index (κ1) is 67.2. The number of hydrogen-bond donors (Lipinski definition) is 21. The number of aliphatic hydroxyl groups is 3. The third kappa shape index (κ3) is 12.9. The molecule has 0 radical (unpaired) electrons. The van der Waals surface area contributed by atoms with Crippen molar-refractivity contribution in [2.75, 3.05) is 20.8 Å². The van der Waals surface area contributed by atoms with Gasteiger partial charge in [-0.2, -0.15) is 0 Å². The highest BCUT2D eigenvalue weighted by atomic mass is 16.7. The third-order valence-corrected chi connectivity index (χ3v) is 16.4. The predicted octanol–water partition coefficient (Wildman–Crippen LogP) is 1.28. The zero-order chi connectivity index (χ0) is 69.1. The lowest BCUT2D eigenvalue weighted by molar-refractivity contribution is -0.330. The number of rotatable bonds is 17. The predicted molar refractivity (Wildman–Crippen MR) is 308 cm³/mol. The van der Waals surface area contributed by atoms with Gasteiger partial charge in [0.2, 0.25) is 0 Å². The van der Waals surface area contributed by atoms with E-state index in [1.807, 2.05) is 0 Å². The highest BCUT2D eigenvalue weighted by Gasteiger charge is 2.52. The van der Waals surface area contributed by atoms with Crippen molar-refractivity contribution in [3.05, 3.63) is 105 Å². The van der Waals surface area contributed by atoms with Gasteiger partial charge in [0.15, 0.2) is 106 Å². The first-order valence-corrected chi connectivity index (χ1v) is 28.4. The molecule has 0 saturated carbocycles. The van der Waals surface area contributed by atoms with Crippen molar-refractivity contribution in [3.8, 4) is 103 Å². The molecule has 21 N–H and O–H groups in total. The molecule has 0 aliphatic carbocycles. The topological polar surface area (TPSA) is 568 Å². The van der Waals surface area contributed by atoms with Gasteiger partial charge in [0.25, 0.3) is 5.91 Å². The van der Waals surface area contributed by atoms with E-state index in [-0.39, 0.29) is 27.8 Å². The number of methoxy groups -OCH3 is 2. The maximum absolute atomic E-state index is 14.7. The number of hydrogen-bond acceptors (Lipinski definition) is 32. The fraction of sp³-hybridized carbons (Fsp3) is 0.344. The minimum absolute atomic E-state index is 0.208. The quantitative estimate of drug-likeness (QED) is 0.0452. The van der Waals surface area contributed by atoms with E-state index >= 15 is 0 Å². The lowest BCUT2D eigenvalue weighted by Crippen LogP contribution is -2.63. The summed E-state index contributed by atoms with van der Waals surface area (Å²) >= 11 is 0. The molecule has 2 fully saturated rings. The Bertz CT molecular complexity index is 3910. The normalized spacial score (nSPS) is 25.0. The monoisotopic (exact) mass is 1340 g/mol. The highest BCUT2D eigenvalue weighted by molar-refractivity contribution is 5.92. The molecule has 95 heavy (non-hydrogen) atoms. The van der Waals surface area contributed by atoms with Gasteiger partial charge in [0.1, 0.15) is 71.1 Å². The first-order chi connectivity index (χ1) is 44.9. The van der Waals surface area contributed by atoms with Crippen LogP contribution in [0.15, 0.2) is 60.7 Å². The van der Waals surface area contributed by atoms with E-state index in [1.54, 1.807) is 0 Å². The van der Waals surface area contributed by atoms with Crippen molar-refractivity contribution in [2.45, 2.75) is 111 Å². The Morgan fingerprint density at radius 2 is 1.01 bits per heavy atom. The van der Waals surface area contributed by atoms with Crippen molar-refractivity contribution in [1.82, 2.24) is 5.32 Å². The summed E-state index contributed by atoms with van der Waals surface area (Å²) in [7, 11) is 2.14. The van der Waals surface area contributed by atoms with Gasteiger partial charge in [-0.3, -0.25) is 4.79 Å². The lowest BCUT2D eigenvalue weighted by Gasteiger charge is -2.44. The van der Waals surface area contributed by atoms with Gasteiger partial charge in [-0.15, -0.1) is 0 Å². The number of fused-ring (bicyclic) bond motifs is 2. The molecular formula is C61H61NO33. The molecule has 6 aromatic rings. The molecule has 4 aliphatic heterocycles. The van der Waals surface area contributed by atoms with Crippen LogP contribution in [0.5, 0.6) is 103 Å². The van der Waals surface area contributed by atoms with Crippen LogP contribution >= 0.6 is 0 Å². The minimum Gasteiger partial charge on any atom is -0.507 e. The number of phenols is 16. The zero-order valence-corrected chi connectivity index (χ0v) is 49.1. The Kier molecular flexibility index (Phi) is 18.6. The van der Waals surface area contributed by atoms with Crippen LogP contribution in [0.3, 0.4) is 0 Å². The largest absolute Gasteiger partial charge is 0.507 e. The summed E-state index contributed by atoms with van der Waals surface area (Å²) in [6.07, 6.45) is -25.9. The lowest BCUT2D eigenvalue weighted by atomic mass is 9.84. The molecule has 4 aliphatic rings. The SMILES string of the molecule is COC1OC(C(=O)O)C(OC2CC(O)C(OC)C(C(=O)NCC(Cc3c(O)cc(O)c4c3O[C@H](c3cc(O)c(O)c(O)c3)[C@H](OC(=O)c3cc(O)c(O)c(O)c3)C4)c3c(O)cc4c(c3O)C[C@@H](OC(=O)c3cc(O)c(O)c(O)c3)[C@@H](c3cc(O)c(O)c(O)c3)O4)O2)C(O)C1O. The number of carbonyl (C=O) groups is 4. The summed E-state index contributed by atoms with van der Waals surface area (Å²) < 4.78 is 51.7. The Hall–Kier alpha value is -10.7. The summed E-state index contributed by atoms with van der Waals surface area (Å²) in [6, 6.07) is 8.16. The summed E-state index contributed by atoms with van der Waals surface area (Å²) in [4.78, 5) is 54.8. The van der Waals surface area contributed by atoms with Crippen LogP contribution < -0.4 is 14.8 Å². The Morgan fingerprint density at radius 1 is 0.526 bits per heavy atom. The fourth-order valence-electron chi connectivity index (χ4n) is 11.7. The number of aliphatic carboxylic acids is 1. The van der Waals surface area contributed by atoms with Crippen molar-refractivity contribution < 1.29 is 164 Å². The second-order valence-electron chi connectivity index (χ2n) is 22.5. The molecule has 1 amide bonds. The standard InChI is InChI=1S/C61H61NO33/c1-87-53-37(74)16-41(92-54-48(80)49(81)61(88-2)95-56(54)58(83)84)93-55(53)57(82)62-17-22(42-28(65)15-38-25(43(42)75)13-40(50(89-38)18-4-29(66)44(76)30(67)5-18)91-60(86)21-10-35(72)47(79)36(73)11-21)3-23-26(63)14-27(64)24-12-39(90-59(85)20-8-33(70)46(78)34(71)9-20)51(94-52(23)24)19-6-31(68)45(77)32(69)7-19/h4-11,14-15,22,37,39-41,48-51,53-56,61,63-81H,3,12-13,16-17H2,1-2H3,(H,62,82)(H,83,84)/t22?,37?,39-,40-,41?,48?,49?,50-,51-,53?,54?,55?,56?,61?/m1/s1. The van der Waals surface area contributed by atoms with E-state index < -0.39 is 262 Å². The van der Waals surface area contributed by atoms with E-state index in [9.17, 15) is 121 Å². The van der Waals surface area contributed by atoms with Crippen molar-refractivity contribution >= 4 is 23.8 Å². The molecule has 508 valence electrons. The van der Waals surface area contributed by atoms with E-state index in [0.717, 1.165) is 62.8 Å². The summed E-state index contributed by atoms with van der Waals surface area (Å²) in [6.45, 7) is -0.829. The number of carboxylic acid groups (broad SMARTS) is 1. The van der Waals surface area contributed by atoms with Gasteiger partial charge in [-0.25, -0.2) is 14.4 Å². The molecular weight excluding hydrogens is 1270 g/mol. The smallest absolute Gasteiger partial charge is 0.338 e. The molecule has 34 nitrogen and oxygen atoms in total. The molecule has 4 heterocycles. The fourth-order valence-corrected chi connectivity index (χ4v) is 11.7. The van der Waals surface area contributed by atoms with Crippen molar-refractivity contribution in [1.29, 1.82) is 0 Å². The van der Waals surface area contributed by atoms with Gasteiger partial charge >= 0.3 is 17.9 Å². The molecule has 0 aromatic heterocycles. The Balaban J connectivity index is 1.07. The average molecular weight is 1340 g/mol. The van der Waals surface area contributed by atoms with Crippen LogP contribution in [0.1, 0.15) is 78.6 Å². The van der Waals surface area contributed by atoms with Gasteiger partial charge in [-0.05, 0) is 55.0 Å². The second-order valence-corrected chi connectivity index (χ2v) is 22.5. The Labute approximate surface area is 532 Å². The van der Waals surface area contributed by atoms with Crippen LogP contribution in [0.2, 0.25) is 0 Å². The number of esters is 2. The van der Waals surface area contributed by atoms with Crippen LogP contribution in [0.25, 0.3) is 0 Å². The second kappa shape index (κ2) is 26.3. The number of aliphatic hydroxyl groups excluding tert-OH is 3. The summed E-state index contributed by atoms with van der Waals surface area (Å²) in [5.41, 5.74) is -3.11. The number of ether oxygens (including phenoxy) is 9. The van der Waals surface area contributed by atoms with Gasteiger partial charge < -0.3 is 150 Å². The van der Waals surface area contributed by atoms with Gasteiger partial charge in [0, 0.05) is 91.5 Å². The minimum atomic E-state index is -2.03. The van der Waals surface area contributed by atoms with Gasteiger partial charge in [-0.1, -0.05) is 0 Å².